The maximum atomic E-state index is 12.5. The predicted molar refractivity (Wildman–Crippen MR) is 74.7 cm³/mol. The molecule has 0 saturated heterocycles. The molecule has 2 aromatic rings. The van der Waals surface area contributed by atoms with E-state index in [4.69, 9.17) is 11.6 Å². The lowest BCUT2D eigenvalue weighted by Crippen LogP contribution is -2.06. The summed E-state index contributed by atoms with van der Waals surface area (Å²) in [7, 11) is 0. The summed E-state index contributed by atoms with van der Waals surface area (Å²) in [5.74, 6) is 0. The van der Waals surface area contributed by atoms with Crippen molar-refractivity contribution >= 4 is 27.5 Å². The van der Waals surface area contributed by atoms with Gasteiger partial charge in [-0.15, -0.1) is 0 Å². The monoisotopic (exact) mass is 364 g/mol. The van der Waals surface area contributed by atoms with Crippen molar-refractivity contribution < 1.29 is 18.3 Å². The first kappa shape index (κ1) is 15.4. The Balaban J connectivity index is 2.34. The molecular formula is C14H9BrClF3O. The molecule has 106 valence electrons. The zero-order valence-electron chi connectivity index (χ0n) is 9.96. The van der Waals surface area contributed by atoms with Crippen LogP contribution in [0.4, 0.5) is 13.2 Å². The van der Waals surface area contributed by atoms with Crippen molar-refractivity contribution in [1.82, 2.24) is 0 Å². The van der Waals surface area contributed by atoms with Crippen molar-refractivity contribution in [3.63, 3.8) is 0 Å². The molecule has 1 unspecified atom stereocenters. The lowest BCUT2D eigenvalue weighted by atomic mass is 10.0. The van der Waals surface area contributed by atoms with Crippen LogP contribution in [0.2, 0.25) is 5.02 Å². The Morgan fingerprint density at radius 1 is 1.05 bits per heavy atom. The molecule has 0 aromatic heterocycles. The van der Waals surface area contributed by atoms with Crippen LogP contribution in [0.25, 0.3) is 0 Å². The maximum Gasteiger partial charge on any atom is 0.416 e. The number of alkyl halides is 3. The van der Waals surface area contributed by atoms with Crippen LogP contribution in [0.1, 0.15) is 22.8 Å². The molecule has 0 aliphatic carbocycles. The van der Waals surface area contributed by atoms with Gasteiger partial charge in [-0.1, -0.05) is 35.9 Å². The van der Waals surface area contributed by atoms with Gasteiger partial charge in [-0.05, 0) is 39.7 Å². The quantitative estimate of drug-likeness (QED) is 0.775. The minimum absolute atomic E-state index is 0.333. The Labute approximate surface area is 127 Å². The van der Waals surface area contributed by atoms with E-state index in [-0.39, 0.29) is 0 Å². The second-order valence-electron chi connectivity index (χ2n) is 4.17. The smallest absolute Gasteiger partial charge is 0.384 e. The third-order valence-electron chi connectivity index (χ3n) is 2.83. The molecule has 0 heterocycles. The first-order valence-corrected chi connectivity index (χ1v) is 6.77. The zero-order chi connectivity index (χ0) is 14.9. The SMILES string of the molecule is OC(c1ccc(C(F)(F)F)cc1)c1cccc(Br)c1Cl. The number of aliphatic hydroxyl groups excluding tert-OH is 1. The van der Waals surface area contributed by atoms with Crippen molar-refractivity contribution in [3.8, 4) is 0 Å². The molecule has 0 aliphatic heterocycles. The topological polar surface area (TPSA) is 20.2 Å². The fourth-order valence-electron chi connectivity index (χ4n) is 1.77. The van der Waals surface area contributed by atoms with Gasteiger partial charge < -0.3 is 5.11 Å². The van der Waals surface area contributed by atoms with Crippen LogP contribution in [-0.4, -0.2) is 5.11 Å². The molecule has 0 saturated carbocycles. The molecule has 1 N–H and O–H groups in total. The van der Waals surface area contributed by atoms with Gasteiger partial charge in [-0.2, -0.15) is 13.2 Å². The van der Waals surface area contributed by atoms with Crippen molar-refractivity contribution in [3.05, 3.63) is 68.7 Å². The third-order valence-corrected chi connectivity index (χ3v) is 4.14. The van der Waals surface area contributed by atoms with Gasteiger partial charge in [0.25, 0.3) is 0 Å². The summed E-state index contributed by atoms with van der Waals surface area (Å²) in [5, 5.41) is 10.5. The molecule has 20 heavy (non-hydrogen) atoms. The first-order valence-electron chi connectivity index (χ1n) is 5.60. The molecule has 2 aromatic carbocycles. The van der Waals surface area contributed by atoms with Gasteiger partial charge in [0.05, 0.1) is 10.6 Å². The highest BCUT2D eigenvalue weighted by atomic mass is 79.9. The summed E-state index contributed by atoms with van der Waals surface area (Å²) < 4.78 is 38.0. The van der Waals surface area contributed by atoms with E-state index in [9.17, 15) is 18.3 Å². The fourth-order valence-corrected chi connectivity index (χ4v) is 2.38. The van der Waals surface area contributed by atoms with Gasteiger partial charge in [0.1, 0.15) is 6.10 Å². The summed E-state index contributed by atoms with van der Waals surface area (Å²) in [5.41, 5.74) is 0.0209. The molecule has 2 rings (SSSR count). The van der Waals surface area contributed by atoms with Crippen LogP contribution in [0.5, 0.6) is 0 Å². The van der Waals surface area contributed by atoms with E-state index in [1.165, 1.54) is 12.1 Å². The molecule has 0 amide bonds. The predicted octanol–water partition coefficient (Wildman–Crippen LogP) is 5.20. The Hall–Kier alpha value is -1.04. The molecule has 6 heteroatoms. The molecule has 0 radical (unpaired) electrons. The Bertz CT molecular complexity index is 611. The van der Waals surface area contributed by atoms with Crippen molar-refractivity contribution in [2.24, 2.45) is 0 Å². The molecule has 0 spiro atoms. The molecule has 0 aliphatic rings. The van der Waals surface area contributed by atoms with Crippen LogP contribution in [0, 0.1) is 0 Å². The van der Waals surface area contributed by atoms with E-state index < -0.39 is 17.8 Å². The number of hydrogen-bond acceptors (Lipinski definition) is 1. The van der Waals surface area contributed by atoms with E-state index in [1.54, 1.807) is 18.2 Å². The largest absolute Gasteiger partial charge is 0.416 e. The van der Waals surface area contributed by atoms with E-state index in [0.717, 1.165) is 12.1 Å². The number of rotatable bonds is 2. The number of hydrogen-bond donors (Lipinski definition) is 1. The summed E-state index contributed by atoms with van der Waals surface area (Å²) in [6.07, 6.45) is -5.47. The normalized spacial score (nSPS) is 13.3. The number of aliphatic hydroxyl groups is 1. The molecule has 0 bridgehead atoms. The molecule has 1 atom stereocenters. The van der Waals surface area contributed by atoms with Gasteiger partial charge >= 0.3 is 6.18 Å². The average molecular weight is 366 g/mol. The minimum atomic E-state index is -4.39. The fraction of sp³-hybridized carbons (Fsp3) is 0.143. The van der Waals surface area contributed by atoms with Crippen LogP contribution in [0.15, 0.2) is 46.9 Å². The standard InChI is InChI=1S/C14H9BrClF3O/c15-11-3-1-2-10(12(11)16)13(20)8-4-6-9(7-5-8)14(17,18)19/h1-7,13,20H. The van der Waals surface area contributed by atoms with E-state index in [2.05, 4.69) is 15.9 Å². The van der Waals surface area contributed by atoms with Crippen molar-refractivity contribution in [2.75, 3.05) is 0 Å². The van der Waals surface area contributed by atoms with Crippen molar-refractivity contribution in [2.45, 2.75) is 12.3 Å². The molecule has 0 fully saturated rings. The lowest BCUT2D eigenvalue weighted by molar-refractivity contribution is -0.137. The Kier molecular flexibility index (Phi) is 4.42. The first-order chi connectivity index (χ1) is 9.30. The highest BCUT2D eigenvalue weighted by Crippen LogP contribution is 2.35. The second-order valence-corrected chi connectivity index (χ2v) is 5.40. The van der Waals surface area contributed by atoms with Crippen LogP contribution in [-0.2, 0) is 6.18 Å². The second kappa shape index (κ2) is 5.76. The van der Waals surface area contributed by atoms with Gasteiger partial charge in [0.2, 0.25) is 0 Å². The van der Waals surface area contributed by atoms with Crippen LogP contribution < -0.4 is 0 Å². The van der Waals surface area contributed by atoms with Gasteiger partial charge in [0.15, 0.2) is 0 Å². The minimum Gasteiger partial charge on any atom is -0.384 e. The van der Waals surface area contributed by atoms with Gasteiger partial charge in [-0.25, -0.2) is 0 Å². The summed E-state index contributed by atoms with van der Waals surface area (Å²) in [6, 6.07) is 9.38. The Morgan fingerprint density at radius 3 is 2.20 bits per heavy atom. The summed E-state index contributed by atoms with van der Waals surface area (Å²) in [6.45, 7) is 0. The van der Waals surface area contributed by atoms with Crippen LogP contribution >= 0.6 is 27.5 Å². The highest BCUT2D eigenvalue weighted by Gasteiger charge is 2.30. The number of benzene rings is 2. The number of halogens is 5. The highest BCUT2D eigenvalue weighted by molar-refractivity contribution is 9.10. The molecular weight excluding hydrogens is 357 g/mol. The lowest BCUT2D eigenvalue weighted by Gasteiger charge is -2.15. The van der Waals surface area contributed by atoms with Crippen molar-refractivity contribution in [1.29, 1.82) is 0 Å². The Morgan fingerprint density at radius 2 is 1.65 bits per heavy atom. The summed E-state index contributed by atoms with van der Waals surface area (Å²) in [4.78, 5) is 0. The summed E-state index contributed by atoms with van der Waals surface area (Å²) >= 11 is 9.29. The molecule has 1 nitrogen and oxygen atoms in total. The van der Waals surface area contributed by atoms with Gasteiger partial charge in [0, 0.05) is 10.0 Å². The van der Waals surface area contributed by atoms with E-state index in [1.807, 2.05) is 0 Å². The maximum absolute atomic E-state index is 12.5. The zero-order valence-corrected chi connectivity index (χ0v) is 12.3. The van der Waals surface area contributed by atoms with E-state index in [0.29, 0.717) is 20.6 Å². The van der Waals surface area contributed by atoms with Crippen LogP contribution in [0.3, 0.4) is 0 Å². The third kappa shape index (κ3) is 3.16. The van der Waals surface area contributed by atoms with Gasteiger partial charge in [-0.3, -0.25) is 0 Å². The van der Waals surface area contributed by atoms with E-state index >= 15 is 0 Å². The average Bonchev–Trinajstić information content (AvgIpc) is 2.40.